The molecular formula is C14H10BrN3OS. The normalized spacial score (nSPS) is 10.5. The van der Waals surface area contributed by atoms with Crippen LogP contribution in [0.3, 0.4) is 0 Å². The van der Waals surface area contributed by atoms with Crippen molar-refractivity contribution in [2.75, 3.05) is 7.11 Å². The smallest absolute Gasteiger partial charge is 0.216 e. The lowest BCUT2D eigenvalue weighted by molar-refractivity contribution is 0.397. The highest BCUT2D eigenvalue weighted by molar-refractivity contribution is 9.10. The highest BCUT2D eigenvalue weighted by Crippen LogP contribution is 2.32. The van der Waals surface area contributed by atoms with Gasteiger partial charge in [-0.1, -0.05) is 34.1 Å². The van der Waals surface area contributed by atoms with Crippen LogP contribution in [0.15, 0.2) is 46.5 Å². The zero-order valence-electron chi connectivity index (χ0n) is 10.6. The Morgan fingerprint density at radius 2 is 2.00 bits per heavy atom. The Bertz CT molecular complexity index is 745. The molecule has 4 nitrogen and oxygen atoms in total. The highest BCUT2D eigenvalue weighted by Gasteiger charge is 2.10. The van der Waals surface area contributed by atoms with Crippen LogP contribution in [-0.2, 0) is 0 Å². The van der Waals surface area contributed by atoms with Gasteiger partial charge in [0.1, 0.15) is 17.0 Å². The average Bonchev–Trinajstić information content (AvgIpc) is 2.97. The molecule has 3 aromatic rings. The summed E-state index contributed by atoms with van der Waals surface area (Å²) in [6, 6.07) is 9.79. The van der Waals surface area contributed by atoms with Crippen molar-refractivity contribution in [1.29, 1.82) is 0 Å². The van der Waals surface area contributed by atoms with E-state index in [0.29, 0.717) is 5.88 Å². The van der Waals surface area contributed by atoms with Crippen LogP contribution in [0, 0.1) is 0 Å². The summed E-state index contributed by atoms with van der Waals surface area (Å²) in [5.74, 6) is 0.535. The summed E-state index contributed by atoms with van der Waals surface area (Å²) in [6.45, 7) is 0. The van der Waals surface area contributed by atoms with E-state index in [1.807, 2.05) is 29.6 Å². The molecule has 100 valence electrons. The molecule has 2 heterocycles. The van der Waals surface area contributed by atoms with E-state index < -0.39 is 0 Å². The van der Waals surface area contributed by atoms with Crippen LogP contribution in [0.5, 0.6) is 5.88 Å². The lowest BCUT2D eigenvalue weighted by Gasteiger charge is -2.00. The number of methoxy groups -OCH3 is 1. The van der Waals surface area contributed by atoms with Gasteiger partial charge in [-0.25, -0.2) is 15.0 Å². The zero-order chi connectivity index (χ0) is 13.9. The number of aromatic nitrogens is 3. The standard InChI is InChI=1S/C14H10BrN3OS/c1-19-13-6-11(16-8-17-13)14-18-12(7-20-14)9-4-2-3-5-10(9)15/h2-8H,1H3. The minimum Gasteiger partial charge on any atom is -0.481 e. The first kappa shape index (κ1) is 13.2. The molecule has 20 heavy (non-hydrogen) atoms. The average molecular weight is 348 g/mol. The Morgan fingerprint density at radius 1 is 1.15 bits per heavy atom. The summed E-state index contributed by atoms with van der Waals surface area (Å²) in [6.07, 6.45) is 1.48. The molecule has 0 radical (unpaired) electrons. The maximum Gasteiger partial charge on any atom is 0.216 e. The fraction of sp³-hybridized carbons (Fsp3) is 0.0714. The van der Waals surface area contributed by atoms with Crippen molar-refractivity contribution in [3.8, 4) is 27.8 Å². The molecule has 6 heteroatoms. The maximum absolute atomic E-state index is 5.11. The second-order valence-electron chi connectivity index (χ2n) is 3.96. The van der Waals surface area contributed by atoms with Crippen molar-refractivity contribution < 1.29 is 4.74 Å². The van der Waals surface area contributed by atoms with Gasteiger partial charge >= 0.3 is 0 Å². The van der Waals surface area contributed by atoms with Gasteiger partial charge in [0.25, 0.3) is 0 Å². The van der Waals surface area contributed by atoms with E-state index in [4.69, 9.17) is 4.74 Å². The van der Waals surface area contributed by atoms with Gasteiger partial charge in [0.2, 0.25) is 5.88 Å². The molecule has 0 amide bonds. The molecule has 0 aliphatic carbocycles. The van der Waals surface area contributed by atoms with Gasteiger partial charge in [-0.05, 0) is 6.07 Å². The lowest BCUT2D eigenvalue weighted by atomic mass is 10.2. The molecule has 0 fully saturated rings. The van der Waals surface area contributed by atoms with Gasteiger partial charge < -0.3 is 4.74 Å². The van der Waals surface area contributed by atoms with Crippen LogP contribution < -0.4 is 4.74 Å². The van der Waals surface area contributed by atoms with Crippen molar-refractivity contribution in [1.82, 2.24) is 15.0 Å². The van der Waals surface area contributed by atoms with Gasteiger partial charge in [0.05, 0.1) is 12.8 Å². The van der Waals surface area contributed by atoms with Crippen molar-refractivity contribution in [3.05, 3.63) is 46.5 Å². The summed E-state index contributed by atoms with van der Waals surface area (Å²) in [4.78, 5) is 12.9. The summed E-state index contributed by atoms with van der Waals surface area (Å²) in [5.41, 5.74) is 2.76. The molecule has 3 rings (SSSR count). The number of halogens is 1. The maximum atomic E-state index is 5.11. The Hall–Kier alpha value is -1.79. The molecule has 0 saturated carbocycles. The Morgan fingerprint density at radius 3 is 2.80 bits per heavy atom. The fourth-order valence-electron chi connectivity index (χ4n) is 1.75. The van der Waals surface area contributed by atoms with Crippen LogP contribution in [0.2, 0.25) is 0 Å². The van der Waals surface area contributed by atoms with E-state index in [1.165, 1.54) is 6.33 Å². The van der Waals surface area contributed by atoms with E-state index in [9.17, 15) is 0 Å². The van der Waals surface area contributed by atoms with Crippen LogP contribution in [0.4, 0.5) is 0 Å². The predicted octanol–water partition coefficient (Wildman–Crippen LogP) is 4.04. The molecule has 1 aromatic carbocycles. The van der Waals surface area contributed by atoms with E-state index in [2.05, 4.69) is 30.9 Å². The molecule has 0 atom stereocenters. The van der Waals surface area contributed by atoms with Crippen LogP contribution in [0.25, 0.3) is 22.0 Å². The van der Waals surface area contributed by atoms with E-state index in [-0.39, 0.29) is 0 Å². The van der Waals surface area contributed by atoms with Crippen molar-refractivity contribution in [2.24, 2.45) is 0 Å². The minimum atomic E-state index is 0.535. The molecular weight excluding hydrogens is 338 g/mol. The number of benzene rings is 1. The number of rotatable bonds is 3. The van der Waals surface area contributed by atoms with Gasteiger partial charge in [0, 0.05) is 21.5 Å². The molecule has 0 unspecified atom stereocenters. The molecule has 0 spiro atoms. The third-order valence-electron chi connectivity index (χ3n) is 2.72. The quantitative estimate of drug-likeness (QED) is 0.717. The first-order chi connectivity index (χ1) is 9.78. The number of nitrogens with zero attached hydrogens (tertiary/aromatic N) is 3. The minimum absolute atomic E-state index is 0.535. The Labute approximate surface area is 128 Å². The molecule has 0 saturated heterocycles. The molecule has 2 aromatic heterocycles. The van der Waals surface area contributed by atoms with Crippen LogP contribution in [-0.4, -0.2) is 22.1 Å². The summed E-state index contributed by atoms with van der Waals surface area (Å²) < 4.78 is 6.13. The van der Waals surface area contributed by atoms with Crippen molar-refractivity contribution >= 4 is 27.3 Å². The predicted molar refractivity (Wildman–Crippen MR) is 82.8 cm³/mol. The second-order valence-corrected chi connectivity index (χ2v) is 5.68. The topological polar surface area (TPSA) is 47.9 Å². The number of ether oxygens (including phenoxy) is 1. The van der Waals surface area contributed by atoms with Gasteiger partial charge in [-0.2, -0.15) is 0 Å². The Balaban J connectivity index is 2.00. The molecule has 0 aliphatic rings. The Kier molecular flexibility index (Phi) is 3.75. The molecule has 0 bridgehead atoms. The fourth-order valence-corrected chi connectivity index (χ4v) is 3.03. The SMILES string of the molecule is COc1cc(-c2nc(-c3ccccc3Br)cs2)ncn1. The van der Waals surface area contributed by atoms with E-state index in [1.54, 1.807) is 24.5 Å². The second kappa shape index (κ2) is 5.68. The largest absolute Gasteiger partial charge is 0.481 e. The monoisotopic (exact) mass is 347 g/mol. The van der Waals surface area contributed by atoms with Crippen LogP contribution in [0.1, 0.15) is 0 Å². The van der Waals surface area contributed by atoms with Crippen molar-refractivity contribution in [2.45, 2.75) is 0 Å². The lowest BCUT2D eigenvalue weighted by Crippen LogP contribution is -1.90. The number of hydrogen-bond donors (Lipinski definition) is 0. The third-order valence-corrected chi connectivity index (χ3v) is 4.28. The first-order valence-electron chi connectivity index (χ1n) is 5.85. The molecule has 0 aliphatic heterocycles. The summed E-state index contributed by atoms with van der Waals surface area (Å²) in [7, 11) is 1.58. The zero-order valence-corrected chi connectivity index (χ0v) is 13.0. The number of thiazole rings is 1. The third kappa shape index (κ3) is 2.57. The highest BCUT2D eigenvalue weighted by atomic mass is 79.9. The van der Waals surface area contributed by atoms with E-state index >= 15 is 0 Å². The van der Waals surface area contributed by atoms with E-state index in [0.717, 1.165) is 26.4 Å². The van der Waals surface area contributed by atoms with Crippen molar-refractivity contribution in [3.63, 3.8) is 0 Å². The van der Waals surface area contributed by atoms with Gasteiger partial charge in [-0.15, -0.1) is 11.3 Å². The van der Waals surface area contributed by atoms with Gasteiger partial charge in [-0.3, -0.25) is 0 Å². The summed E-state index contributed by atoms with van der Waals surface area (Å²) >= 11 is 5.09. The number of hydrogen-bond acceptors (Lipinski definition) is 5. The van der Waals surface area contributed by atoms with Gasteiger partial charge in [0.15, 0.2) is 0 Å². The summed E-state index contributed by atoms with van der Waals surface area (Å²) in [5, 5.41) is 2.86. The molecule has 0 N–H and O–H groups in total. The van der Waals surface area contributed by atoms with Crippen LogP contribution >= 0.6 is 27.3 Å². The first-order valence-corrected chi connectivity index (χ1v) is 7.52.